The van der Waals surface area contributed by atoms with Crippen molar-refractivity contribution < 1.29 is 9.47 Å². The predicted molar refractivity (Wildman–Crippen MR) is 81.1 cm³/mol. The molecule has 20 heavy (non-hydrogen) atoms. The van der Waals surface area contributed by atoms with Crippen LogP contribution in [0.2, 0.25) is 0 Å². The van der Waals surface area contributed by atoms with E-state index in [9.17, 15) is 0 Å². The molecule has 0 saturated carbocycles. The average Bonchev–Trinajstić information content (AvgIpc) is 2.46. The Labute approximate surface area is 121 Å². The minimum atomic E-state index is 0.418. The number of rotatable bonds is 5. The van der Waals surface area contributed by atoms with Gasteiger partial charge in [0.2, 0.25) is 0 Å². The highest BCUT2D eigenvalue weighted by atomic mass is 32.2. The average molecular weight is 292 g/mol. The largest absolute Gasteiger partial charge is 0.497 e. The lowest BCUT2D eigenvalue weighted by Crippen LogP contribution is -2.00. The summed E-state index contributed by atoms with van der Waals surface area (Å²) in [6.07, 6.45) is 1.90. The van der Waals surface area contributed by atoms with E-state index >= 15 is 0 Å². The summed E-state index contributed by atoms with van der Waals surface area (Å²) in [6.45, 7) is 0. The normalized spacial score (nSPS) is 10.2. The fourth-order valence-electron chi connectivity index (χ4n) is 1.63. The Kier molecular flexibility index (Phi) is 4.52. The Balaban J connectivity index is 2.31. The van der Waals surface area contributed by atoms with Crippen molar-refractivity contribution in [3.8, 4) is 11.5 Å². The number of benzene rings is 1. The number of nitrogen functional groups attached to an aromatic ring is 1. The molecule has 2 rings (SSSR count). The molecule has 0 saturated heterocycles. The van der Waals surface area contributed by atoms with Crippen LogP contribution in [0.3, 0.4) is 0 Å². The van der Waals surface area contributed by atoms with Crippen LogP contribution in [0.5, 0.6) is 11.5 Å². The van der Waals surface area contributed by atoms with Crippen LogP contribution < -0.4 is 20.5 Å². The molecule has 0 unspecified atom stereocenters. The van der Waals surface area contributed by atoms with Crippen LogP contribution in [0.4, 0.5) is 17.3 Å². The van der Waals surface area contributed by atoms with Crippen molar-refractivity contribution in [2.75, 3.05) is 31.5 Å². The molecule has 0 atom stereocenters. The Hall–Kier alpha value is -2.15. The molecule has 2 aromatic rings. The lowest BCUT2D eigenvalue weighted by atomic mass is 10.2. The summed E-state index contributed by atoms with van der Waals surface area (Å²) in [6, 6.07) is 7.16. The molecular weight excluding hydrogens is 276 g/mol. The lowest BCUT2D eigenvalue weighted by Gasteiger charge is -2.11. The van der Waals surface area contributed by atoms with Crippen molar-refractivity contribution in [2.45, 2.75) is 5.16 Å². The van der Waals surface area contributed by atoms with E-state index in [-0.39, 0.29) is 0 Å². The second-order valence-electron chi connectivity index (χ2n) is 3.89. The first-order valence-electron chi connectivity index (χ1n) is 5.83. The van der Waals surface area contributed by atoms with E-state index in [1.807, 2.05) is 18.4 Å². The van der Waals surface area contributed by atoms with Crippen molar-refractivity contribution in [2.24, 2.45) is 0 Å². The second-order valence-corrected chi connectivity index (χ2v) is 4.66. The van der Waals surface area contributed by atoms with Gasteiger partial charge in [0.25, 0.3) is 0 Å². The number of hydrogen-bond donors (Lipinski definition) is 2. The summed E-state index contributed by atoms with van der Waals surface area (Å²) in [4.78, 5) is 8.44. The van der Waals surface area contributed by atoms with Crippen LogP contribution in [0.1, 0.15) is 0 Å². The van der Waals surface area contributed by atoms with Crippen LogP contribution in [-0.2, 0) is 0 Å². The van der Waals surface area contributed by atoms with Crippen molar-refractivity contribution in [3.63, 3.8) is 0 Å². The zero-order valence-corrected chi connectivity index (χ0v) is 12.3. The van der Waals surface area contributed by atoms with Gasteiger partial charge in [-0.1, -0.05) is 11.8 Å². The molecule has 0 amide bonds. The summed E-state index contributed by atoms with van der Waals surface area (Å²) >= 11 is 1.43. The first-order valence-corrected chi connectivity index (χ1v) is 7.05. The molecular formula is C13H16N4O2S. The minimum Gasteiger partial charge on any atom is -0.497 e. The van der Waals surface area contributed by atoms with Crippen molar-refractivity contribution in [3.05, 3.63) is 24.3 Å². The number of methoxy groups -OCH3 is 2. The third kappa shape index (κ3) is 3.45. The number of ether oxygens (including phenoxy) is 2. The van der Waals surface area contributed by atoms with Gasteiger partial charge in [-0.2, -0.15) is 0 Å². The van der Waals surface area contributed by atoms with E-state index in [2.05, 4.69) is 15.3 Å². The Morgan fingerprint density at radius 1 is 1.05 bits per heavy atom. The van der Waals surface area contributed by atoms with Crippen LogP contribution in [-0.4, -0.2) is 30.4 Å². The summed E-state index contributed by atoms with van der Waals surface area (Å²) in [5.41, 5.74) is 6.54. The number of anilines is 3. The number of nitrogens with zero attached hydrogens (tertiary/aromatic N) is 2. The highest BCUT2D eigenvalue weighted by Crippen LogP contribution is 2.28. The Bertz CT molecular complexity index is 585. The van der Waals surface area contributed by atoms with Gasteiger partial charge in [-0.3, -0.25) is 0 Å². The maximum atomic E-state index is 5.75. The Morgan fingerprint density at radius 2 is 1.70 bits per heavy atom. The number of thioether (sulfide) groups is 1. The monoisotopic (exact) mass is 292 g/mol. The fourth-order valence-corrected chi connectivity index (χ4v) is 2.01. The molecule has 3 N–H and O–H groups in total. The first kappa shape index (κ1) is 14.3. The van der Waals surface area contributed by atoms with Crippen LogP contribution in [0.25, 0.3) is 0 Å². The quantitative estimate of drug-likeness (QED) is 0.647. The lowest BCUT2D eigenvalue weighted by molar-refractivity contribution is 0.395. The van der Waals surface area contributed by atoms with E-state index in [4.69, 9.17) is 15.2 Å². The molecule has 0 radical (unpaired) electrons. The minimum absolute atomic E-state index is 0.418. The standard InChI is InChI=1S/C13H16N4O2S/c1-18-9-4-8(5-10(6-9)19-2)15-12-7-11(14)16-13(17-12)20-3/h4-7H,1-3H3,(H3,14,15,16,17). The highest BCUT2D eigenvalue weighted by Gasteiger charge is 2.05. The molecule has 1 aromatic heterocycles. The molecule has 7 heteroatoms. The third-order valence-electron chi connectivity index (χ3n) is 2.53. The molecule has 1 heterocycles. The predicted octanol–water partition coefficient (Wildman–Crippen LogP) is 2.54. The summed E-state index contributed by atoms with van der Waals surface area (Å²) in [7, 11) is 3.21. The highest BCUT2D eigenvalue weighted by molar-refractivity contribution is 7.98. The van der Waals surface area contributed by atoms with Crippen molar-refractivity contribution in [1.29, 1.82) is 0 Å². The van der Waals surface area contributed by atoms with E-state index in [0.29, 0.717) is 28.3 Å². The molecule has 0 fully saturated rings. The van der Waals surface area contributed by atoms with Crippen LogP contribution >= 0.6 is 11.8 Å². The van der Waals surface area contributed by atoms with Gasteiger partial charge < -0.3 is 20.5 Å². The molecule has 0 aliphatic carbocycles. The topological polar surface area (TPSA) is 82.3 Å². The molecule has 106 valence electrons. The van der Waals surface area contributed by atoms with Gasteiger partial charge in [-0.15, -0.1) is 0 Å². The number of hydrogen-bond acceptors (Lipinski definition) is 7. The number of nitrogens with two attached hydrogens (primary N) is 1. The maximum Gasteiger partial charge on any atom is 0.191 e. The van der Waals surface area contributed by atoms with Gasteiger partial charge in [0.1, 0.15) is 23.1 Å². The van der Waals surface area contributed by atoms with E-state index in [0.717, 1.165) is 5.69 Å². The summed E-state index contributed by atoms with van der Waals surface area (Å²) in [5, 5.41) is 3.78. The SMILES string of the molecule is COc1cc(Nc2cc(N)nc(SC)n2)cc(OC)c1. The molecule has 0 aliphatic rings. The van der Waals surface area contributed by atoms with Gasteiger partial charge in [0.15, 0.2) is 5.16 Å². The summed E-state index contributed by atoms with van der Waals surface area (Å²) in [5.74, 6) is 2.43. The van der Waals surface area contributed by atoms with Gasteiger partial charge in [-0.25, -0.2) is 9.97 Å². The molecule has 6 nitrogen and oxygen atoms in total. The van der Waals surface area contributed by atoms with E-state index in [1.54, 1.807) is 26.4 Å². The smallest absolute Gasteiger partial charge is 0.191 e. The van der Waals surface area contributed by atoms with Crippen LogP contribution in [0, 0.1) is 0 Å². The zero-order valence-electron chi connectivity index (χ0n) is 11.5. The van der Waals surface area contributed by atoms with Gasteiger partial charge >= 0.3 is 0 Å². The van der Waals surface area contributed by atoms with Crippen molar-refractivity contribution in [1.82, 2.24) is 9.97 Å². The van der Waals surface area contributed by atoms with Gasteiger partial charge in [0.05, 0.1) is 14.2 Å². The molecule has 0 bridgehead atoms. The molecule has 0 aliphatic heterocycles. The second kappa shape index (κ2) is 6.33. The third-order valence-corrected chi connectivity index (χ3v) is 3.08. The Morgan fingerprint density at radius 3 is 2.25 bits per heavy atom. The molecule has 1 aromatic carbocycles. The fraction of sp³-hybridized carbons (Fsp3) is 0.231. The van der Waals surface area contributed by atoms with Gasteiger partial charge in [0, 0.05) is 30.0 Å². The van der Waals surface area contributed by atoms with Crippen LogP contribution in [0.15, 0.2) is 29.4 Å². The molecule has 0 spiro atoms. The van der Waals surface area contributed by atoms with E-state index in [1.165, 1.54) is 11.8 Å². The van der Waals surface area contributed by atoms with Crippen molar-refractivity contribution >= 4 is 29.1 Å². The number of nitrogens with one attached hydrogen (secondary N) is 1. The number of aromatic nitrogens is 2. The summed E-state index contributed by atoms with van der Waals surface area (Å²) < 4.78 is 10.4. The maximum absolute atomic E-state index is 5.75. The van der Waals surface area contributed by atoms with E-state index < -0.39 is 0 Å². The van der Waals surface area contributed by atoms with Gasteiger partial charge in [-0.05, 0) is 6.26 Å². The zero-order chi connectivity index (χ0) is 14.5. The first-order chi connectivity index (χ1) is 9.64.